The van der Waals surface area contributed by atoms with E-state index in [0.717, 1.165) is 4.90 Å². The summed E-state index contributed by atoms with van der Waals surface area (Å²) < 4.78 is 15.3. The van der Waals surface area contributed by atoms with Gasteiger partial charge in [-0.1, -0.05) is 12.1 Å². The second-order valence-corrected chi connectivity index (χ2v) is 6.15. The molecule has 27 heavy (non-hydrogen) atoms. The molecule has 1 amide bonds. The fourth-order valence-electron chi connectivity index (χ4n) is 2.17. The summed E-state index contributed by atoms with van der Waals surface area (Å²) in [7, 11) is 2.93. The molecule has 1 N–H and O–H groups in total. The van der Waals surface area contributed by atoms with Crippen molar-refractivity contribution >= 4 is 29.3 Å². The zero-order chi connectivity index (χ0) is 19.6. The minimum Gasteiger partial charge on any atom is -0.497 e. The van der Waals surface area contributed by atoms with Gasteiger partial charge in [-0.15, -0.1) is 11.8 Å². The van der Waals surface area contributed by atoms with Crippen molar-refractivity contribution in [1.29, 1.82) is 5.26 Å². The van der Waals surface area contributed by atoms with E-state index < -0.39 is 18.5 Å². The number of esters is 1. The van der Waals surface area contributed by atoms with Gasteiger partial charge in [0.05, 0.1) is 31.7 Å². The van der Waals surface area contributed by atoms with Gasteiger partial charge < -0.3 is 19.5 Å². The average molecular weight is 386 g/mol. The lowest BCUT2D eigenvalue weighted by molar-refractivity contribution is -0.119. The first kappa shape index (κ1) is 20.1. The van der Waals surface area contributed by atoms with Gasteiger partial charge in [-0.25, -0.2) is 4.79 Å². The van der Waals surface area contributed by atoms with E-state index in [4.69, 9.17) is 19.5 Å². The summed E-state index contributed by atoms with van der Waals surface area (Å²) in [4.78, 5) is 25.1. The average Bonchev–Trinajstić information content (AvgIpc) is 2.70. The molecule has 0 aromatic heterocycles. The van der Waals surface area contributed by atoms with E-state index in [1.54, 1.807) is 30.3 Å². The minimum absolute atomic E-state index is 0.191. The van der Waals surface area contributed by atoms with Crippen molar-refractivity contribution in [2.24, 2.45) is 0 Å². The summed E-state index contributed by atoms with van der Waals surface area (Å²) in [5.74, 6) is -0.0812. The van der Waals surface area contributed by atoms with E-state index in [2.05, 4.69) is 5.32 Å². The molecule has 2 aromatic rings. The molecule has 2 rings (SSSR count). The number of nitrogens with zero attached hydrogens (tertiary/aromatic N) is 1. The number of carbonyl (C=O) groups excluding carboxylic acids is 2. The normalized spacial score (nSPS) is 9.81. The number of para-hydroxylation sites is 1. The van der Waals surface area contributed by atoms with Gasteiger partial charge in [-0.2, -0.15) is 5.26 Å². The van der Waals surface area contributed by atoms with Gasteiger partial charge in [-0.3, -0.25) is 4.79 Å². The van der Waals surface area contributed by atoms with Crippen molar-refractivity contribution in [3.05, 3.63) is 48.0 Å². The molecule has 0 aliphatic carbocycles. The minimum atomic E-state index is -0.684. The Morgan fingerprint density at radius 3 is 2.63 bits per heavy atom. The third kappa shape index (κ3) is 5.66. The summed E-state index contributed by atoms with van der Waals surface area (Å²) in [6, 6.07) is 13.8. The number of ether oxygens (including phenoxy) is 3. The van der Waals surface area contributed by atoms with Crippen molar-refractivity contribution in [3.63, 3.8) is 0 Å². The monoisotopic (exact) mass is 386 g/mol. The van der Waals surface area contributed by atoms with Crippen LogP contribution in [0, 0.1) is 11.3 Å². The van der Waals surface area contributed by atoms with Gasteiger partial charge in [0.2, 0.25) is 0 Å². The van der Waals surface area contributed by atoms with Crippen LogP contribution >= 0.6 is 11.8 Å². The topological polar surface area (TPSA) is 97.6 Å². The summed E-state index contributed by atoms with van der Waals surface area (Å²) >= 11 is 1.31. The van der Waals surface area contributed by atoms with Crippen LogP contribution in [0.2, 0.25) is 0 Å². The molecule has 8 heteroatoms. The number of thioether (sulfide) groups is 1. The van der Waals surface area contributed by atoms with E-state index in [0.29, 0.717) is 11.4 Å². The van der Waals surface area contributed by atoms with Gasteiger partial charge in [0.25, 0.3) is 5.91 Å². The third-order valence-corrected chi connectivity index (χ3v) is 4.36. The largest absolute Gasteiger partial charge is 0.497 e. The molecule has 0 spiro atoms. The van der Waals surface area contributed by atoms with E-state index in [1.807, 2.05) is 12.1 Å². The predicted octanol–water partition coefficient (Wildman–Crippen LogP) is 3.11. The number of methoxy groups -OCH3 is 2. The fourth-order valence-corrected chi connectivity index (χ4v) is 2.84. The van der Waals surface area contributed by atoms with Crippen LogP contribution in [0.5, 0.6) is 11.5 Å². The van der Waals surface area contributed by atoms with Crippen LogP contribution < -0.4 is 14.8 Å². The number of carbonyl (C=O) groups is 2. The number of nitrogens with one attached hydrogen (secondary N) is 1. The molecule has 2 aromatic carbocycles. The highest BCUT2D eigenvalue weighted by molar-refractivity contribution is 7.99. The van der Waals surface area contributed by atoms with Gasteiger partial charge >= 0.3 is 5.97 Å². The third-order valence-electron chi connectivity index (χ3n) is 3.42. The Kier molecular flexibility index (Phi) is 7.52. The van der Waals surface area contributed by atoms with Crippen molar-refractivity contribution in [1.82, 2.24) is 0 Å². The Morgan fingerprint density at radius 1 is 1.15 bits per heavy atom. The van der Waals surface area contributed by atoms with E-state index >= 15 is 0 Å². The van der Waals surface area contributed by atoms with E-state index in [-0.39, 0.29) is 17.1 Å². The van der Waals surface area contributed by atoms with Gasteiger partial charge in [0.15, 0.2) is 6.61 Å². The smallest absolute Gasteiger partial charge is 0.342 e. The van der Waals surface area contributed by atoms with E-state index in [9.17, 15) is 9.59 Å². The number of hydrogen-bond donors (Lipinski definition) is 1. The molecule has 0 radical (unpaired) electrons. The fraction of sp³-hybridized carbons (Fsp3) is 0.211. The van der Waals surface area contributed by atoms with Crippen LogP contribution in [-0.2, 0) is 9.53 Å². The zero-order valence-electron chi connectivity index (χ0n) is 14.9. The standard InChI is InChI=1S/C19H18N2O5S/c1-24-13-7-8-14(16(11-13)25-2)19(23)26-12-18(22)21-15-5-3-4-6-17(15)27-10-9-20/h3-8,11H,10,12H2,1-2H3,(H,21,22). The van der Waals surface area contributed by atoms with Crippen molar-refractivity contribution in [3.8, 4) is 17.6 Å². The second kappa shape index (κ2) is 10.1. The Bertz CT molecular complexity index is 863. The predicted molar refractivity (Wildman–Crippen MR) is 101 cm³/mol. The number of amides is 1. The molecule has 0 atom stereocenters. The molecule has 0 aliphatic rings. The highest BCUT2D eigenvalue weighted by Crippen LogP contribution is 2.27. The van der Waals surface area contributed by atoms with Crippen LogP contribution in [-0.4, -0.2) is 38.5 Å². The lowest BCUT2D eigenvalue weighted by Crippen LogP contribution is -2.21. The summed E-state index contributed by atoms with van der Waals surface area (Å²) in [5, 5.41) is 11.4. The number of anilines is 1. The first-order valence-electron chi connectivity index (χ1n) is 7.86. The van der Waals surface area contributed by atoms with Crippen LogP contribution in [0.15, 0.2) is 47.4 Å². The molecular formula is C19H18N2O5S. The van der Waals surface area contributed by atoms with Crippen LogP contribution in [0.3, 0.4) is 0 Å². The molecule has 0 saturated heterocycles. The van der Waals surface area contributed by atoms with Crippen molar-refractivity contribution < 1.29 is 23.8 Å². The van der Waals surface area contributed by atoms with Crippen LogP contribution in [0.25, 0.3) is 0 Å². The first-order chi connectivity index (χ1) is 13.1. The molecule has 0 fully saturated rings. The Labute approximate surface area is 161 Å². The van der Waals surface area contributed by atoms with Gasteiger partial charge in [0, 0.05) is 11.0 Å². The number of rotatable bonds is 8. The van der Waals surface area contributed by atoms with Crippen LogP contribution in [0.4, 0.5) is 5.69 Å². The van der Waals surface area contributed by atoms with Crippen molar-refractivity contribution in [2.75, 3.05) is 31.9 Å². The maximum atomic E-state index is 12.2. The lowest BCUT2D eigenvalue weighted by atomic mass is 10.2. The van der Waals surface area contributed by atoms with E-state index in [1.165, 1.54) is 32.0 Å². The van der Waals surface area contributed by atoms with Crippen LogP contribution in [0.1, 0.15) is 10.4 Å². The number of hydrogen-bond acceptors (Lipinski definition) is 7. The molecule has 0 aliphatic heterocycles. The molecule has 0 unspecified atom stereocenters. The Hall–Kier alpha value is -3.18. The molecule has 0 heterocycles. The molecule has 0 bridgehead atoms. The highest BCUT2D eigenvalue weighted by atomic mass is 32.2. The zero-order valence-corrected chi connectivity index (χ0v) is 15.7. The maximum absolute atomic E-state index is 12.2. The van der Waals surface area contributed by atoms with Gasteiger partial charge in [0.1, 0.15) is 17.1 Å². The number of nitriles is 1. The Balaban J connectivity index is 1.98. The lowest BCUT2D eigenvalue weighted by Gasteiger charge is -2.11. The maximum Gasteiger partial charge on any atom is 0.342 e. The summed E-state index contributed by atoms with van der Waals surface area (Å²) in [6.07, 6.45) is 0. The molecule has 0 saturated carbocycles. The number of benzene rings is 2. The quantitative estimate of drug-likeness (QED) is 0.550. The molecular weight excluding hydrogens is 368 g/mol. The van der Waals surface area contributed by atoms with Gasteiger partial charge in [-0.05, 0) is 24.3 Å². The Morgan fingerprint density at radius 2 is 1.93 bits per heavy atom. The van der Waals surface area contributed by atoms with Crippen molar-refractivity contribution in [2.45, 2.75) is 4.90 Å². The highest BCUT2D eigenvalue weighted by Gasteiger charge is 2.16. The summed E-state index contributed by atoms with van der Waals surface area (Å²) in [6.45, 7) is -0.453. The second-order valence-electron chi connectivity index (χ2n) is 5.13. The molecule has 7 nitrogen and oxygen atoms in total. The SMILES string of the molecule is COc1ccc(C(=O)OCC(=O)Nc2ccccc2SCC#N)c(OC)c1. The first-order valence-corrected chi connectivity index (χ1v) is 8.85. The molecule has 140 valence electrons. The summed E-state index contributed by atoms with van der Waals surface area (Å²) in [5.41, 5.74) is 0.747.